The van der Waals surface area contributed by atoms with Crippen molar-refractivity contribution in [3.05, 3.63) is 29.8 Å². The zero-order valence-corrected chi connectivity index (χ0v) is 19.4. The molecule has 0 atom stereocenters. The highest BCUT2D eigenvalue weighted by molar-refractivity contribution is 14.0. The molecule has 1 heterocycles. The molecule has 9 heteroatoms. The number of benzene rings is 1. The summed E-state index contributed by atoms with van der Waals surface area (Å²) in [5, 5.41) is 6.64. The van der Waals surface area contributed by atoms with Gasteiger partial charge in [0.2, 0.25) is 10.0 Å². The Morgan fingerprint density at radius 3 is 2.52 bits per heavy atom. The van der Waals surface area contributed by atoms with Crippen LogP contribution in [0, 0.1) is 5.92 Å². The van der Waals surface area contributed by atoms with Gasteiger partial charge in [-0.1, -0.05) is 18.2 Å². The number of guanidine groups is 1. The Bertz CT molecular complexity index is 704. The zero-order valence-electron chi connectivity index (χ0n) is 16.3. The van der Waals surface area contributed by atoms with Crippen molar-refractivity contribution in [1.29, 1.82) is 0 Å². The van der Waals surface area contributed by atoms with Crippen LogP contribution in [0.15, 0.2) is 29.3 Å². The van der Waals surface area contributed by atoms with Crippen LogP contribution in [0.1, 0.15) is 25.3 Å². The molecule has 0 aliphatic carbocycles. The average molecular weight is 510 g/mol. The van der Waals surface area contributed by atoms with E-state index in [9.17, 15) is 8.42 Å². The van der Waals surface area contributed by atoms with Crippen molar-refractivity contribution in [3.63, 3.8) is 0 Å². The second-order valence-electron chi connectivity index (χ2n) is 6.49. The first-order valence-electron chi connectivity index (χ1n) is 9.03. The molecule has 0 radical (unpaired) electrons. The number of halogens is 1. The molecule has 0 amide bonds. The van der Waals surface area contributed by atoms with Crippen LogP contribution in [0.4, 0.5) is 0 Å². The summed E-state index contributed by atoms with van der Waals surface area (Å²) in [4.78, 5) is 4.64. The first-order valence-corrected chi connectivity index (χ1v) is 10.9. The Morgan fingerprint density at radius 1 is 1.26 bits per heavy atom. The molecule has 1 saturated heterocycles. The molecule has 27 heavy (non-hydrogen) atoms. The molecule has 0 spiro atoms. The summed E-state index contributed by atoms with van der Waals surface area (Å²) in [7, 11) is -1.41. The maximum atomic E-state index is 11.6. The summed E-state index contributed by atoms with van der Waals surface area (Å²) < 4.78 is 30.1. The van der Waals surface area contributed by atoms with Crippen molar-refractivity contribution in [1.82, 2.24) is 14.9 Å². The van der Waals surface area contributed by atoms with Gasteiger partial charge in [0.15, 0.2) is 5.96 Å². The minimum atomic E-state index is -3.07. The number of nitrogens with one attached hydrogen (secondary N) is 2. The number of methoxy groups -OCH3 is 1. The van der Waals surface area contributed by atoms with Crippen molar-refractivity contribution >= 4 is 40.0 Å². The lowest BCUT2D eigenvalue weighted by Gasteiger charge is -2.30. The van der Waals surface area contributed by atoms with E-state index < -0.39 is 10.0 Å². The van der Waals surface area contributed by atoms with Gasteiger partial charge in [-0.05, 0) is 31.7 Å². The Balaban J connectivity index is 0.00000364. The molecule has 0 unspecified atom stereocenters. The van der Waals surface area contributed by atoms with Crippen LogP contribution in [0.5, 0.6) is 5.75 Å². The fraction of sp³-hybridized carbons (Fsp3) is 0.611. The fourth-order valence-electron chi connectivity index (χ4n) is 3.03. The maximum absolute atomic E-state index is 11.6. The van der Waals surface area contributed by atoms with Gasteiger partial charge in [-0.15, -0.1) is 24.0 Å². The van der Waals surface area contributed by atoms with Crippen molar-refractivity contribution in [3.8, 4) is 5.75 Å². The molecule has 1 fully saturated rings. The predicted molar refractivity (Wildman–Crippen MR) is 120 cm³/mol. The highest BCUT2D eigenvalue weighted by Crippen LogP contribution is 2.19. The SMILES string of the molecule is CCNC(=NCc1ccccc1OC)NCC1CCN(S(C)(=O)=O)CC1.I. The molecule has 0 aromatic heterocycles. The van der Waals surface area contributed by atoms with E-state index in [2.05, 4.69) is 15.6 Å². The Morgan fingerprint density at radius 2 is 1.93 bits per heavy atom. The Hall–Kier alpha value is -1.07. The lowest BCUT2D eigenvalue weighted by Crippen LogP contribution is -2.44. The Kier molecular flexibility index (Phi) is 10.4. The van der Waals surface area contributed by atoms with Gasteiger partial charge in [0.25, 0.3) is 0 Å². The zero-order chi connectivity index (χ0) is 19.0. The number of para-hydroxylation sites is 1. The third-order valence-corrected chi connectivity index (χ3v) is 5.85. The third kappa shape index (κ3) is 7.82. The predicted octanol–water partition coefficient (Wildman–Crippen LogP) is 2.04. The van der Waals surface area contributed by atoms with Crippen LogP contribution in [0.2, 0.25) is 0 Å². The second-order valence-corrected chi connectivity index (χ2v) is 8.48. The van der Waals surface area contributed by atoms with E-state index in [1.165, 1.54) is 6.26 Å². The molecule has 2 rings (SSSR count). The van der Waals surface area contributed by atoms with Crippen LogP contribution in [0.25, 0.3) is 0 Å². The van der Waals surface area contributed by atoms with Crippen molar-refractivity contribution in [2.45, 2.75) is 26.3 Å². The van der Waals surface area contributed by atoms with Gasteiger partial charge >= 0.3 is 0 Å². The molecular formula is C18H31IN4O3S. The number of piperidine rings is 1. The van der Waals surface area contributed by atoms with E-state index in [-0.39, 0.29) is 24.0 Å². The van der Waals surface area contributed by atoms with Crippen molar-refractivity contribution in [2.24, 2.45) is 10.9 Å². The van der Waals surface area contributed by atoms with E-state index in [1.807, 2.05) is 31.2 Å². The standard InChI is InChI=1S/C18H30N4O3S.HI/c1-4-19-18(21-14-16-7-5-6-8-17(16)25-2)20-13-15-9-11-22(12-10-15)26(3,23)24;/h5-8,15H,4,9-14H2,1-3H3,(H2,19,20,21);1H. The molecule has 7 nitrogen and oxygen atoms in total. The van der Waals surface area contributed by atoms with Gasteiger partial charge in [-0.25, -0.2) is 17.7 Å². The molecule has 1 aromatic carbocycles. The van der Waals surface area contributed by atoms with Gasteiger partial charge in [-0.3, -0.25) is 0 Å². The minimum absolute atomic E-state index is 0. The first-order chi connectivity index (χ1) is 12.4. The van der Waals surface area contributed by atoms with Crippen LogP contribution in [-0.2, 0) is 16.6 Å². The van der Waals surface area contributed by atoms with Gasteiger partial charge < -0.3 is 15.4 Å². The lowest BCUT2D eigenvalue weighted by atomic mass is 9.98. The minimum Gasteiger partial charge on any atom is -0.496 e. The summed E-state index contributed by atoms with van der Waals surface area (Å²) >= 11 is 0. The lowest BCUT2D eigenvalue weighted by molar-refractivity contribution is 0.275. The summed E-state index contributed by atoms with van der Waals surface area (Å²) in [6.07, 6.45) is 3.01. The van der Waals surface area contributed by atoms with Crippen LogP contribution in [0.3, 0.4) is 0 Å². The highest BCUT2D eigenvalue weighted by atomic mass is 127. The number of ether oxygens (including phenoxy) is 1. The van der Waals surface area contributed by atoms with Gasteiger partial charge in [0, 0.05) is 31.7 Å². The molecule has 1 aliphatic rings. The fourth-order valence-corrected chi connectivity index (χ4v) is 3.90. The number of hydrogen-bond donors (Lipinski definition) is 2. The second kappa shape index (κ2) is 11.7. The largest absolute Gasteiger partial charge is 0.496 e. The topological polar surface area (TPSA) is 83.0 Å². The molecule has 1 aliphatic heterocycles. The maximum Gasteiger partial charge on any atom is 0.211 e. The number of hydrogen-bond acceptors (Lipinski definition) is 4. The molecule has 0 saturated carbocycles. The smallest absolute Gasteiger partial charge is 0.211 e. The number of aliphatic imine (C=N–C) groups is 1. The van der Waals surface area contributed by atoms with E-state index in [0.717, 1.165) is 43.2 Å². The number of sulfonamides is 1. The van der Waals surface area contributed by atoms with Crippen LogP contribution >= 0.6 is 24.0 Å². The van der Waals surface area contributed by atoms with Crippen LogP contribution in [-0.4, -0.2) is 58.2 Å². The Labute approximate surface area is 180 Å². The van der Waals surface area contributed by atoms with Crippen molar-refractivity contribution < 1.29 is 13.2 Å². The van der Waals surface area contributed by atoms with E-state index in [0.29, 0.717) is 25.6 Å². The summed E-state index contributed by atoms with van der Waals surface area (Å²) in [5.74, 6) is 2.05. The van der Waals surface area contributed by atoms with Gasteiger partial charge in [0.05, 0.1) is 19.9 Å². The van der Waals surface area contributed by atoms with E-state index in [4.69, 9.17) is 4.74 Å². The first kappa shape index (κ1) is 24.0. The van der Waals surface area contributed by atoms with E-state index in [1.54, 1.807) is 11.4 Å². The molecule has 2 N–H and O–H groups in total. The number of rotatable bonds is 7. The summed E-state index contributed by atoms with van der Waals surface area (Å²) in [6.45, 7) is 5.33. The quantitative estimate of drug-likeness (QED) is 0.334. The molecule has 0 bridgehead atoms. The van der Waals surface area contributed by atoms with Crippen molar-refractivity contribution in [2.75, 3.05) is 39.5 Å². The summed E-state index contributed by atoms with van der Waals surface area (Å²) in [6, 6.07) is 7.86. The van der Waals surface area contributed by atoms with E-state index >= 15 is 0 Å². The number of nitrogens with zero attached hydrogens (tertiary/aromatic N) is 2. The molecule has 154 valence electrons. The van der Waals surface area contributed by atoms with Crippen LogP contribution < -0.4 is 15.4 Å². The third-order valence-electron chi connectivity index (χ3n) is 4.54. The summed E-state index contributed by atoms with van der Waals surface area (Å²) in [5.41, 5.74) is 1.04. The highest BCUT2D eigenvalue weighted by Gasteiger charge is 2.24. The molecular weight excluding hydrogens is 479 g/mol. The molecule has 1 aromatic rings. The average Bonchev–Trinajstić information content (AvgIpc) is 2.64. The normalized spacial score (nSPS) is 16.5. The van der Waals surface area contributed by atoms with Gasteiger partial charge in [0.1, 0.15) is 5.75 Å². The van der Waals surface area contributed by atoms with Gasteiger partial charge in [-0.2, -0.15) is 0 Å². The monoisotopic (exact) mass is 510 g/mol.